The van der Waals surface area contributed by atoms with E-state index in [4.69, 9.17) is 10.6 Å². The minimum atomic E-state index is 0.0972. The first kappa shape index (κ1) is 4.39. The van der Waals surface area contributed by atoms with E-state index in [0.717, 1.165) is 11.3 Å². The number of aromatic nitrogens is 1. The quantitative estimate of drug-likeness (QED) is 0.462. The zero-order chi connectivity index (χ0) is 5.28. The Hall–Kier alpha value is -0.770. The molecule has 0 aliphatic carbocycles. The van der Waals surface area contributed by atoms with Crippen LogP contribution in [0.2, 0.25) is 0 Å². The van der Waals surface area contributed by atoms with Crippen molar-refractivity contribution in [3.05, 3.63) is 16.4 Å². The van der Waals surface area contributed by atoms with Gasteiger partial charge >= 0.3 is 0 Å². The summed E-state index contributed by atoms with van der Waals surface area (Å²) >= 11 is 1.13. The number of nitrogens with zero attached hydrogens (tertiary/aromatic N) is 1. The number of hydrogen-bond acceptors (Lipinski definition) is 3. The Balaban J connectivity index is 3.39. The fraction of sp³-hybridized carbons (Fsp3) is 0. The van der Waals surface area contributed by atoms with Gasteiger partial charge in [0.05, 0.1) is 0 Å². The van der Waals surface area contributed by atoms with Crippen LogP contribution in [0, 0.1) is 11.6 Å². The number of thiazole rings is 1. The first-order chi connectivity index (χ1) is 3.30. The Bertz CT molecular complexity index is 201. The highest BCUT2D eigenvalue weighted by atomic mass is 32.1. The zero-order valence-corrected chi connectivity index (χ0v) is 4.20. The molecule has 0 aromatic carbocycles. The molecule has 0 atom stereocenters. The Morgan fingerprint density at radius 1 is 2.00 bits per heavy atom. The van der Waals surface area contributed by atoms with Crippen LogP contribution < -0.4 is 4.80 Å². The topological polar surface area (TPSA) is 49.0 Å². The third-order valence-corrected chi connectivity index (χ3v) is 1.16. The van der Waals surface area contributed by atoms with Crippen molar-refractivity contribution in [3.8, 4) is 0 Å². The predicted octanol–water partition coefficient (Wildman–Crippen LogP) is 0.0666. The molecule has 0 spiro atoms. The summed E-state index contributed by atoms with van der Waals surface area (Å²) in [5.74, 6) is 0. The van der Waals surface area contributed by atoms with Gasteiger partial charge < -0.3 is 5.21 Å². The third kappa shape index (κ3) is 0.640. The van der Waals surface area contributed by atoms with Crippen molar-refractivity contribution in [1.29, 1.82) is 5.41 Å². The summed E-state index contributed by atoms with van der Waals surface area (Å²) in [7, 11) is 0. The molecule has 0 fully saturated rings. The van der Waals surface area contributed by atoms with Gasteiger partial charge in [-0.3, -0.25) is 5.41 Å². The highest BCUT2D eigenvalue weighted by Crippen LogP contribution is 1.80. The van der Waals surface area contributed by atoms with Gasteiger partial charge in [0, 0.05) is 5.38 Å². The molecule has 1 rings (SSSR count). The van der Waals surface area contributed by atoms with E-state index in [2.05, 4.69) is 6.20 Å². The lowest BCUT2D eigenvalue weighted by molar-refractivity contribution is 0.174. The number of rotatable bonds is 0. The van der Waals surface area contributed by atoms with Crippen LogP contribution in [0.4, 0.5) is 0 Å². The summed E-state index contributed by atoms with van der Waals surface area (Å²) in [5.41, 5.74) is 0. The molecule has 1 heterocycles. The Kier molecular flexibility index (Phi) is 0.867. The van der Waals surface area contributed by atoms with Crippen molar-refractivity contribution in [2.75, 3.05) is 0 Å². The number of hydrogen-bond donors (Lipinski definition) is 2. The van der Waals surface area contributed by atoms with Gasteiger partial charge in [-0.25, -0.2) is 0 Å². The highest BCUT2D eigenvalue weighted by molar-refractivity contribution is 7.06. The van der Waals surface area contributed by atoms with Crippen LogP contribution in [0.15, 0.2) is 5.38 Å². The Morgan fingerprint density at radius 2 is 2.71 bits per heavy atom. The van der Waals surface area contributed by atoms with Crippen LogP contribution in [0.3, 0.4) is 0 Å². The first-order valence-corrected chi connectivity index (χ1v) is 2.51. The summed E-state index contributed by atoms with van der Waals surface area (Å²) in [6.45, 7) is 0. The maximum absolute atomic E-state index is 8.44. The molecule has 0 saturated heterocycles. The molecule has 4 heteroatoms. The standard InChI is InChI=1S/C3H3N2OS/c4-3-5(6)1-2-7-3/h2,4,6H. The molecule has 2 N–H and O–H groups in total. The largest absolute Gasteiger partial charge is 0.425 e. The first-order valence-electron chi connectivity index (χ1n) is 1.63. The van der Waals surface area contributed by atoms with Crippen LogP contribution in [0.25, 0.3) is 0 Å². The van der Waals surface area contributed by atoms with E-state index < -0.39 is 0 Å². The highest BCUT2D eigenvalue weighted by Gasteiger charge is 1.82. The van der Waals surface area contributed by atoms with Gasteiger partial charge in [0.25, 0.3) is 0 Å². The van der Waals surface area contributed by atoms with E-state index in [9.17, 15) is 0 Å². The van der Waals surface area contributed by atoms with Crippen molar-refractivity contribution < 1.29 is 5.21 Å². The molecule has 1 radical (unpaired) electrons. The molecule has 0 aliphatic rings. The summed E-state index contributed by atoms with van der Waals surface area (Å²) in [4.78, 5) is 0.0972. The lowest BCUT2D eigenvalue weighted by Crippen LogP contribution is -2.07. The second-order valence-corrected chi connectivity index (χ2v) is 1.84. The lowest BCUT2D eigenvalue weighted by atomic mass is 11.0. The van der Waals surface area contributed by atoms with Crippen LogP contribution >= 0.6 is 11.3 Å². The molecule has 1 aromatic heterocycles. The Morgan fingerprint density at radius 3 is 2.86 bits per heavy atom. The van der Waals surface area contributed by atoms with Crippen molar-refractivity contribution >= 4 is 11.3 Å². The summed E-state index contributed by atoms with van der Waals surface area (Å²) < 4.78 is 0.644. The Labute approximate surface area is 43.9 Å². The molecule has 0 saturated carbocycles. The molecule has 1 aromatic rings. The molecule has 7 heavy (non-hydrogen) atoms. The average Bonchev–Trinajstić information content (AvgIpc) is 1.91. The van der Waals surface area contributed by atoms with Gasteiger partial charge in [-0.15, -0.1) is 11.3 Å². The van der Waals surface area contributed by atoms with E-state index in [1.54, 1.807) is 0 Å². The second kappa shape index (κ2) is 1.38. The van der Waals surface area contributed by atoms with Crippen molar-refractivity contribution in [1.82, 2.24) is 4.73 Å². The van der Waals surface area contributed by atoms with Crippen LogP contribution in [0.5, 0.6) is 0 Å². The van der Waals surface area contributed by atoms with Gasteiger partial charge in [-0.05, 0) is 0 Å². The molecular weight excluding hydrogens is 112 g/mol. The molecule has 0 amide bonds. The summed E-state index contributed by atoms with van der Waals surface area (Å²) in [6, 6.07) is 0. The molecule has 0 aliphatic heterocycles. The minimum absolute atomic E-state index is 0.0972. The van der Waals surface area contributed by atoms with E-state index in [1.165, 1.54) is 5.38 Å². The van der Waals surface area contributed by atoms with Gasteiger partial charge in [-0.1, -0.05) is 0 Å². The summed E-state index contributed by atoms with van der Waals surface area (Å²) in [6.07, 6.45) is 2.37. The summed E-state index contributed by atoms with van der Waals surface area (Å²) in [5, 5.41) is 16.8. The van der Waals surface area contributed by atoms with E-state index in [-0.39, 0.29) is 4.80 Å². The molecule has 37 valence electrons. The SMILES string of the molecule is N=c1sc[c]n1O. The second-order valence-electron chi connectivity index (χ2n) is 0.982. The van der Waals surface area contributed by atoms with Crippen LogP contribution in [0.1, 0.15) is 0 Å². The monoisotopic (exact) mass is 115 g/mol. The van der Waals surface area contributed by atoms with E-state index >= 15 is 0 Å². The fourth-order valence-corrected chi connectivity index (χ4v) is 0.657. The predicted molar refractivity (Wildman–Crippen MR) is 24.2 cm³/mol. The number of nitrogens with one attached hydrogen (secondary N) is 1. The lowest BCUT2D eigenvalue weighted by Gasteiger charge is -1.78. The molecular formula is C3H3N2OS. The van der Waals surface area contributed by atoms with Gasteiger partial charge in [0.2, 0.25) is 4.80 Å². The molecule has 3 nitrogen and oxygen atoms in total. The van der Waals surface area contributed by atoms with Gasteiger partial charge in [-0.2, -0.15) is 4.73 Å². The van der Waals surface area contributed by atoms with Gasteiger partial charge in [0.1, 0.15) is 6.20 Å². The van der Waals surface area contributed by atoms with Crippen LogP contribution in [-0.2, 0) is 0 Å². The fourth-order valence-electron chi connectivity index (χ4n) is 0.241. The third-order valence-electron chi connectivity index (χ3n) is 0.538. The minimum Gasteiger partial charge on any atom is -0.425 e. The van der Waals surface area contributed by atoms with E-state index in [0.29, 0.717) is 4.73 Å². The van der Waals surface area contributed by atoms with Gasteiger partial charge in [0.15, 0.2) is 0 Å². The van der Waals surface area contributed by atoms with Crippen molar-refractivity contribution in [3.63, 3.8) is 0 Å². The zero-order valence-electron chi connectivity index (χ0n) is 3.38. The van der Waals surface area contributed by atoms with E-state index in [1.807, 2.05) is 0 Å². The normalized spacial score (nSPS) is 9.14. The van der Waals surface area contributed by atoms with Crippen LogP contribution in [-0.4, -0.2) is 9.94 Å². The molecule has 0 unspecified atom stereocenters. The van der Waals surface area contributed by atoms with Crippen molar-refractivity contribution in [2.45, 2.75) is 0 Å². The van der Waals surface area contributed by atoms with Crippen molar-refractivity contribution in [2.24, 2.45) is 0 Å². The maximum Gasteiger partial charge on any atom is 0.216 e. The average molecular weight is 115 g/mol. The maximum atomic E-state index is 8.44. The molecule has 0 bridgehead atoms. The smallest absolute Gasteiger partial charge is 0.216 e.